The fraction of sp³-hybridized carbons (Fsp3) is 0.235. The molecule has 2 aromatic carbocycles. The molecule has 0 saturated carbocycles. The number of para-hydroxylation sites is 2. The zero-order valence-electron chi connectivity index (χ0n) is 11.6. The van der Waals surface area contributed by atoms with Gasteiger partial charge in [-0.25, -0.2) is 0 Å². The lowest BCUT2D eigenvalue weighted by molar-refractivity contribution is 0.0986. The number of nitrogens with one attached hydrogen (secondary N) is 1. The number of carbonyl (C=O) groups is 1. The quantitative estimate of drug-likeness (QED) is 0.904. The summed E-state index contributed by atoms with van der Waals surface area (Å²) >= 11 is 0. The van der Waals surface area contributed by atoms with Crippen molar-refractivity contribution in [2.24, 2.45) is 0 Å². The van der Waals surface area contributed by atoms with Gasteiger partial charge in [0, 0.05) is 25.0 Å². The Morgan fingerprint density at radius 1 is 1.10 bits per heavy atom. The number of aryl methyl sites for hydroxylation is 1. The maximum atomic E-state index is 12.8. The van der Waals surface area contributed by atoms with Gasteiger partial charge >= 0.3 is 0 Å². The van der Waals surface area contributed by atoms with E-state index in [9.17, 15) is 4.79 Å². The Balaban J connectivity index is 2.00. The minimum absolute atomic E-state index is 0.0714. The summed E-state index contributed by atoms with van der Waals surface area (Å²) in [5, 5.41) is 3.09. The number of hydrogen-bond acceptors (Lipinski definition) is 2. The van der Waals surface area contributed by atoms with E-state index in [0.717, 1.165) is 36.3 Å². The van der Waals surface area contributed by atoms with Crippen LogP contribution in [0.1, 0.15) is 22.3 Å². The van der Waals surface area contributed by atoms with E-state index >= 15 is 0 Å². The second-order valence-corrected chi connectivity index (χ2v) is 4.98. The Bertz CT molecular complexity index is 636. The molecule has 0 radical (unpaired) electrons. The van der Waals surface area contributed by atoms with Gasteiger partial charge in [0.15, 0.2) is 0 Å². The molecule has 0 aromatic heterocycles. The lowest BCUT2D eigenvalue weighted by Gasteiger charge is -2.30. The Morgan fingerprint density at radius 3 is 2.70 bits per heavy atom. The third-order valence-electron chi connectivity index (χ3n) is 3.78. The van der Waals surface area contributed by atoms with E-state index in [0.29, 0.717) is 0 Å². The third-order valence-corrected chi connectivity index (χ3v) is 3.78. The molecule has 0 aliphatic carbocycles. The molecule has 0 bridgehead atoms. The largest absolute Gasteiger partial charge is 0.387 e. The molecule has 1 aliphatic rings. The van der Waals surface area contributed by atoms with Gasteiger partial charge in [0.05, 0.1) is 5.56 Å². The minimum Gasteiger partial charge on any atom is -0.387 e. The van der Waals surface area contributed by atoms with Crippen LogP contribution in [0.3, 0.4) is 0 Å². The summed E-state index contributed by atoms with van der Waals surface area (Å²) in [5.74, 6) is 0.0714. The molecule has 102 valence electrons. The smallest absolute Gasteiger partial charge is 0.260 e. The van der Waals surface area contributed by atoms with E-state index in [4.69, 9.17) is 0 Å². The molecule has 3 heteroatoms. The first kappa shape index (κ1) is 12.7. The second-order valence-electron chi connectivity index (χ2n) is 4.98. The van der Waals surface area contributed by atoms with Crippen molar-refractivity contribution in [3.05, 3.63) is 59.7 Å². The average molecular weight is 266 g/mol. The van der Waals surface area contributed by atoms with Crippen molar-refractivity contribution in [1.29, 1.82) is 0 Å². The maximum Gasteiger partial charge on any atom is 0.260 e. The van der Waals surface area contributed by atoms with Crippen LogP contribution < -0.4 is 10.2 Å². The Labute approximate surface area is 119 Å². The van der Waals surface area contributed by atoms with E-state index in [-0.39, 0.29) is 5.91 Å². The molecule has 20 heavy (non-hydrogen) atoms. The zero-order chi connectivity index (χ0) is 13.9. The molecule has 1 amide bonds. The van der Waals surface area contributed by atoms with Crippen LogP contribution in [0.15, 0.2) is 48.5 Å². The van der Waals surface area contributed by atoms with E-state index in [1.54, 1.807) is 0 Å². The summed E-state index contributed by atoms with van der Waals surface area (Å²) in [6, 6.07) is 15.8. The summed E-state index contributed by atoms with van der Waals surface area (Å²) < 4.78 is 0. The van der Waals surface area contributed by atoms with E-state index in [2.05, 4.69) is 11.4 Å². The number of fused-ring (bicyclic) bond motifs is 1. The van der Waals surface area contributed by atoms with Crippen molar-refractivity contribution in [2.45, 2.75) is 12.8 Å². The zero-order valence-corrected chi connectivity index (χ0v) is 11.6. The first-order valence-corrected chi connectivity index (χ1v) is 6.98. The summed E-state index contributed by atoms with van der Waals surface area (Å²) in [7, 11) is 1.84. The average Bonchev–Trinajstić information content (AvgIpc) is 2.53. The molecule has 0 spiro atoms. The van der Waals surface area contributed by atoms with Gasteiger partial charge in [0.2, 0.25) is 0 Å². The second kappa shape index (κ2) is 5.37. The number of benzene rings is 2. The van der Waals surface area contributed by atoms with Gasteiger partial charge in [0.25, 0.3) is 5.91 Å². The normalized spacial score (nSPS) is 13.8. The molecule has 0 unspecified atom stereocenters. The standard InChI is InChI=1S/C17H18N2O/c1-18-15-10-4-3-9-14(15)17(20)19-12-6-8-13-7-2-5-11-16(13)19/h2-5,7,9-11,18H,6,8,12H2,1H3. The molecular weight excluding hydrogens is 248 g/mol. The summed E-state index contributed by atoms with van der Waals surface area (Å²) in [4.78, 5) is 14.7. The van der Waals surface area contributed by atoms with Gasteiger partial charge in [-0.2, -0.15) is 0 Å². The highest BCUT2D eigenvalue weighted by Gasteiger charge is 2.24. The monoisotopic (exact) mass is 266 g/mol. The van der Waals surface area contributed by atoms with Crippen LogP contribution in [0, 0.1) is 0 Å². The number of hydrogen-bond donors (Lipinski definition) is 1. The van der Waals surface area contributed by atoms with Crippen LogP contribution >= 0.6 is 0 Å². The lowest BCUT2D eigenvalue weighted by Crippen LogP contribution is -2.35. The van der Waals surface area contributed by atoms with Gasteiger partial charge < -0.3 is 10.2 Å². The highest BCUT2D eigenvalue weighted by molar-refractivity contribution is 6.10. The summed E-state index contributed by atoms with van der Waals surface area (Å²) in [6.07, 6.45) is 2.07. The van der Waals surface area contributed by atoms with Crippen LogP contribution in [0.2, 0.25) is 0 Å². The van der Waals surface area contributed by atoms with Crippen molar-refractivity contribution in [3.8, 4) is 0 Å². The van der Waals surface area contributed by atoms with Crippen LogP contribution in [-0.4, -0.2) is 19.5 Å². The first-order chi connectivity index (χ1) is 9.81. The molecule has 3 rings (SSSR count). The lowest BCUT2D eigenvalue weighted by atomic mass is 10.0. The minimum atomic E-state index is 0.0714. The fourth-order valence-electron chi connectivity index (χ4n) is 2.78. The van der Waals surface area contributed by atoms with Gasteiger partial charge in [-0.05, 0) is 36.6 Å². The van der Waals surface area contributed by atoms with Crippen molar-refractivity contribution in [3.63, 3.8) is 0 Å². The molecule has 3 nitrogen and oxygen atoms in total. The Hall–Kier alpha value is -2.29. The molecule has 1 N–H and O–H groups in total. The van der Waals surface area contributed by atoms with E-state index < -0.39 is 0 Å². The van der Waals surface area contributed by atoms with Gasteiger partial charge in [0.1, 0.15) is 0 Å². The third kappa shape index (κ3) is 2.16. The molecule has 0 fully saturated rings. The van der Waals surface area contributed by atoms with E-state index in [1.165, 1.54) is 5.56 Å². The van der Waals surface area contributed by atoms with Crippen molar-refractivity contribution < 1.29 is 4.79 Å². The molecular formula is C17H18N2O. The fourth-order valence-corrected chi connectivity index (χ4v) is 2.78. The van der Waals surface area contributed by atoms with Crippen LogP contribution in [0.25, 0.3) is 0 Å². The van der Waals surface area contributed by atoms with Crippen molar-refractivity contribution in [2.75, 3.05) is 23.8 Å². The molecule has 1 heterocycles. The number of amides is 1. The Kier molecular flexibility index (Phi) is 3.42. The van der Waals surface area contributed by atoms with Gasteiger partial charge in [-0.15, -0.1) is 0 Å². The Morgan fingerprint density at radius 2 is 1.85 bits per heavy atom. The summed E-state index contributed by atoms with van der Waals surface area (Å²) in [6.45, 7) is 0.786. The highest BCUT2D eigenvalue weighted by atomic mass is 16.2. The van der Waals surface area contributed by atoms with E-state index in [1.807, 2.05) is 54.4 Å². The first-order valence-electron chi connectivity index (χ1n) is 6.98. The van der Waals surface area contributed by atoms with Gasteiger partial charge in [-0.1, -0.05) is 30.3 Å². The van der Waals surface area contributed by atoms with Crippen molar-refractivity contribution in [1.82, 2.24) is 0 Å². The van der Waals surface area contributed by atoms with Gasteiger partial charge in [-0.3, -0.25) is 4.79 Å². The predicted octanol–water partition coefficient (Wildman–Crippen LogP) is 3.32. The molecule has 2 aromatic rings. The summed E-state index contributed by atoms with van der Waals surface area (Å²) in [5.41, 5.74) is 3.91. The van der Waals surface area contributed by atoms with Crippen LogP contribution in [0.4, 0.5) is 11.4 Å². The maximum absolute atomic E-state index is 12.8. The number of rotatable bonds is 2. The van der Waals surface area contributed by atoms with Crippen LogP contribution in [0.5, 0.6) is 0 Å². The topological polar surface area (TPSA) is 32.3 Å². The highest BCUT2D eigenvalue weighted by Crippen LogP contribution is 2.29. The molecule has 1 aliphatic heterocycles. The number of anilines is 2. The van der Waals surface area contributed by atoms with Crippen molar-refractivity contribution >= 4 is 17.3 Å². The SMILES string of the molecule is CNc1ccccc1C(=O)N1CCCc2ccccc21. The molecule has 0 atom stereocenters. The predicted molar refractivity (Wildman–Crippen MR) is 82.4 cm³/mol. The van der Waals surface area contributed by atoms with Crippen LogP contribution in [-0.2, 0) is 6.42 Å². The number of carbonyl (C=O) groups excluding carboxylic acids is 1. The number of nitrogens with zero attached hydrogens (tertiary/aromatic N) is 1. The molecule has 0 saturated heterocycles.